The van der Waals surface area contributed by atoms with Gasteiger partial charge in [-0.15, -0.1) is 0 Å². The zero-order chi connectivity index (χ0) is 21.3. The highest BCUT2D eigenvalue weighted by atomic mass is 16.5. The maximum Gasteiger partial charge on any atom is 0.304 e. The summed E-state index contributed by atoms with van der Waals surface area (Å²) in [5, 5.41) is 0. The Morgan fingerprint density at radius 3 is 2.33 bits per heavy atom. The van der Waals surface area contributed by atoms with E-state index in [4.69, 9.17) is 9.47 Å². The number of amides is 1. The average Bonchev–Trinajstić information content (AvgIpc) is 3.03. The van der Waals surface area contributed by atoms with E-state index in [1.54, 1.807) is 31.4 Å². The summed E-state index contributed by atoms with van der Waals surface area (Å²) in [7, 11) is 1.63. The van der Waals surface area contributed by atoms with Crippen molar-refractivity contribution in [2.45, 2.75) is 26.1 Å². The van der Waals surface area contributed by atoms with Crippen LogP contribution in [0.4, 0.5) is 11.4 Å². The summed E-state index contributed by atoms with van der Waals surface area (Å²) in [5.41, 5.74) is 2.80. The third kappa shape index (κ3) is 3.48. The molecule has 0 aromatic heterocycles. The highest BCUT2D eigenvalue weighted by molar-refractivity contribution is 6.53. The highest BCUT2D eigenvalue weighted by Crippen LogP contribution is 2.40. The first-order valence-electron chi connectivity index (χ1n) is 9.76. The molecule has 1 aliphatic heterocycles. The van der Waals surface area contributed by atoms with Crippen molar-refractivity contribution in [1.82, 2.24) is 0 Å². The number of ketones is 1. The quantitative estimate of drug-likeness (QED) is 0.545. The monoisotopic (exact) mass is 401 g/mol. The molecule has 1 amide bonds. The van der Waals surface area contributed by atoms with E-state index in [0.717, 1.165) is 11.1 Å². The topological polar surface area (TPSA) is 55.8 Å². The molecule has 0 unspecified atom stereocenters. The minimum absolute atomic E-state index is 0.414. The number of Topliss-reactive ketones (excluding diaryl/α,β-unsaturated/α-hetero) is 1. The van der Waals surface area contributed by atoms with E-state index >= 15 is 0 Å². The van der Waals surface area contributed by atoms with Crippen molar-refractivity contribution in [3.05, 3.63) is 89.5 Å². The third-order valence-electron chi connectivity index (χ3n) is 5.40. The largest absolute Gasteiger partial charge is 0.489 e. The van der Waals surface area contributed by atoms with E-state index in [1.807, 2.05) is 62.4 Å². The molecule has 4 rings (SSSR count). The van der Waals surface area contributed by atoms with Crippen molar-refractivity contribution < 1.29 is 19.1 Å². The second-order valence-corrected chi connectivity index (χ2v) is 7.66. The summed E-state index contributed by atoms with van der Waals surface area (Å²) in [6.07, 6.45) is 0. The number of carbonyl (C=O) groups excluding carboxylic acids is 2. The van der Waals surface area contributed by atoms with Crippen LogP contribution in [-0.2, 0) is 21.7 Å². The number of fused-ring (bicyclic) bond motifs is 1. The average molecular weight is 401 g/mol. The third-order valence-corrected chi connectivity index (χ3v) is 5.40. The Balaban J connectivity index is 1.74. The van der Waals surface area contributed by atoms with Gasteiger partial charge in [0.15, 0.2) is 0 Å². The number of methoxy groups -OCH3 is 1. The van der Waals surface area contributed by atoms with Crippen LogP contribution in [0.2, 0.25) is 0 Å². The van der Waals surface area contributed by atoms with Gasteiger partial charge >= 0.3 is 5.91 Å². The maximum atomic E-state index is 12.7. The lowest BCUT2D eigenvalue weighted by Crippen LogP contribution is -2.26. The molecule has 0 aliphatic carbocycles. The molecule has 0 saturated heterocycles. The first-order valence-corrected chi connectivity index (χ1v) is 9.76. The maximum absolute atomic E-state index is 12.7. The number of hydrogen-bond acceptors (Lipinski definition) is 4. The number of ether oxygens (including phenoxy) is 2. The minimum Gasteiger partial charge on any atom is -0.489 e. The van der Waals surface area contributed by atoms with Crippen LogP contribution in [0, 0.1) is 0 Å². The lowest BCUT2D eigenvalue weighted by atomic mass is 9.96. The molecule has 3 aromatic carbocycles. The van der Waals surface area contributed by atoms with Crippen molar-refractivity contribution in [2.24, 2.45) is 0 Å². The standard InChI is InChI=1S/C25H23NO4/c1-25(2,29-3)20-15-18(13-14-22(20)30-16-17-9-5-4-6-10-17)26-21-12-8-7-11-19(21)23(27)24(26)28/h4-15H,16H2,1-3H3. The number of para-hydroxylation sites is 1. The van der Waals surface area contributed by atoms with Crippen molar-refractivity contribution in [3.63, 3.8) is 0 Å². The van der Waals surface area contributed by atoms with Gasteiger partial charge in [-0.05, 0) is 49.7 Å². The van der Waals surface area contributed by atoms with Gasteiger partial charge in [0.1, 0.15) is 12.4 Å². The molecule has 0 N–H and O–H groups in total. The van der Waals surface area contributed by atoms with Gasteiger partial charge in [0.05, 0.1) is 22.5 Å². The Bertz CT molecular complexity index is 1110. The molecule has 0 bridgehead atoms. The fourth-order valence-corrected chi connectivity index (χ4v) is 3.54. The lowest BCUT2D eigenvalue weighted by Gasteiger charge is -2.28. The SMILES string of the molecule is COC(C)(C)c1cc(N2C(=O)C(=O)c3ccccc32)ccc1OCc1ccccc1. The fourth-order valence-electron chi connectivity index (χ4n) is 3.54. The predicted octanol–water partition coefficient (Wildman–Crippen LogP) is 5.01. The summed E-state index contributed by atoms with van der Waals surface area (Å²) < 4.78 is 11.8. The van der Waals surface area contributed by atoms with Crippen LogP contribution in [0.15, 0.2) is 72.8 Å². The summed E-state index contributed by atoms with van der Waals surface area (Å²) in [5.74, 6) is -0.390. The molecule has 1 heterocycles. The van der Waals surface area contributed by atoms with Crippen LogP contribution in [0.1, 0.15) is 35.3 Å². The van der Waals surface area contributed by atoms with E-state index in [1.165, 1.54) is 4.90 Å². The van der Waals surface area contributed by atoms with Gasteiger partial charge in [0.2, 0.25) is 0 Å². The first kappa shape index (κ1) is 19.9. The molecule has 5 nitrogen and oxygen atoms in total. The molecular formula is C25H23NO4. The molecule has 152 valence electrons. The molecule has 0 radical (unpaired) electrons. The molecule has 0 saturated carbocycles. The number of rotatable bonds is 6. The van der Waals surface area contributed by atoms with Crippen LogP contribution in [0.3, 0.4) is 0 Å². The van der Waals surface area contributed by atoms with Gasteiger partial charge in [-0.25, -0.2) is 0 Å². The van der Waals surface area contributed by atoms with Gasteiger partial charge in [0, 0.05) is 12.7 Å². The molecule has 1 aliphatic rings. The number of anilines is 2. The van der Waals surface area contributed by atoms with Gasteiger partial charge in [-0.3, -0.25) is 14.5 Å². The fraction of sp³-hybridized carbons (Fsp3) is 0.200. The molecule has 5 heteroatoms. The van der Waals surface area contributed by atoms with E-state index in [-0.39, 0.29) is 0 Å². The van der Waals surface area contributed by atoms with Gasteiger partial charge in [-0.2, -0.15) is 0 Å². The summed E-state index contributed by atoms with van der Waals surface area (Å²) in [6, 6.07) is 22.4. The van der Waals surface area contributed by atoms with E-state index in [9.17, 15) is 9.59 Å². The van der Waals surface area contributed by atoms with Crippen LogP contribution in [-0.4, -0.2) is 18.8 Å². The highest BCUT2D eigenvalue weighted by Gasteiger charge is 2.37. The summed E-state index contributed by atoms with van der Waals surface area (Å²) in [4.78, 5) is 26.6. The van der Waals surface area contributed by atoms with Crippen molar-refractivity contribution in [2.75, 3.05) is 12.0 Å². The van der Waals surface area contributed by atoms with Crippen LogP contribution >= 0.6 is 0 Å². The number of carbonyl (C=O) groups is 2. The Morgan fingerprint density at radius 1 is 0.900 bits per heavy atom. The lowest BCUT2D eigenvalue weighted by molar-refractivity contribution is -0.113. The Morgan fingerprint density at radius 2 is 1.60 bits per heavy atom. The normalized spacial score (nSPS) is 13.5. The van der Waals surface area contributed by atoms with E-state index in [2.05, 4.69) is 0 Å². The second-order valence-electron chi connectivity index (χ2n) is 7.66. The van der Waals surface area contributed by atoms with Gasteiger partial charge in [0.25, 0.3) is 5.78 Å². The molecule has 3 aromatic rings. The molecule has 0 atom stereocenters. The van der Waals surface area contributed by atoms with Gasteiger partial charge in [-0.1, -0.05) is 42.5 Å². The first-order chi connectivity index (χ1) is 14.4. The minimum atomic E-state index is -0.658. The van der Waals surface area contributed by atoms with Crippen molar-refractivity contribution in [1.29, 1.82) is 0 Å². The number of benzene rings is 3. The zero-order valence-corrected chi connectivity index (χ0v) is 17.2. The molecular weight excluding hydrogens is 378 g/mol. The zero-order valence-electron chi connectivity index (χ0n) is 17.2. The Kier molecular flexibility index (Phi) is 5.14. The van der Waals surface area contributed by atoms with Crippen LogP contribution in [0.25, 0.3) is 0 Å². The van der Waals surface area contributed by atoms with Crippen molar-refractivity contribution in [3.8, 4) is 5.75 Å². The van der Waals surface area contributed by atoms with E-state index in [0.29, 0.717) is 29.3 Å². The smallest absolute Gasteiger partial charge is 0.304 e. The Labute approximate surface area is 175 Å². The molecule has 0 fully saturated rings. The van der Waals surface area contributed by atoms with Crippen LogP contribution < -0.4 is 9.64 Å². The Hall–Kier alpha value is -3.44. The predicted molar refractivity (Wildman–Crippen MR) is 115 cm³/mol. The van der Waals surface area contributed by atoms with Crippen LogP contribution in [0.5, 0.6) is 5.75 Å². The number of nitrogens with zero attached hydrogens (tertiary/aromatic N) is 1. The van der Waals surface area contributed by atoms with E-state index < -0.39 is 17.3 Å². The molecule has 0 spiro atoms. The molecule has 30 heavy (non-hydrogen) atoms. The van der Waals surface area contributed by atoms with Gasteiger partial charge < -0.3 is 9.47 Å². The summed E-state index contributed by atoms with van der Waals surface area (Å²) >= 11 is 0. The second kappa shape index (κ2) is 7.76. The summed E-state index contributed by atoms with van der Waals surface area (Å²) in [6.45, 7) is 4.29. The number of hydrogen-bond donors (Lipinski definition) is 0. The van der Waals surface area contributed by atoms with Crippen molar-refractivity contribution >= 4 is 23.1 Å².